The highest BCUT2D eigenvalue weighted by molar-refractivity contribution is 5.71. The van der Waals surface area contributed by atoms with Gasteiger partial charge in [0.2, 0.25) is 11.6 Å². The van der Waals surface area contributed by atoms with Crippen molar-refractivity contribution in [2.24, 2.45) is 0 Å². The Hall–Kier alpha value is -2.81. The third kappa shape index (κ3) is 2.42. The van der Waals surface area contributed by atoms with E-state index in [1.807, 2.05) is 6.07 Å². The predicted molar refractivity (Wildman–Crippen MR) is 79.0 cm³/mol. The van der Waals surface area contributed by atoms with Crippen LogP contribution in [0.5, 0.6) is 0 Å². The average molecular weight is 295 g/mol. The van der Waals surface area contributed by atoms with E-state index in [0.29, 0.717) is 22.8 Å². The van der Waals surface area contributed by atoms with Crippen molar-refractivity contribution >= 4 is 17.1 Å². The molecule has 110 valence electrons. The van der Waals surface area contributed by atoms with Crippen molar-refractivity contribution in [2.75, 3.05) is 31.1 Å². The standard InChI is InChI=1S/C13H13N9/c1-2-15-13(22-5-3-14-4-6-22)19-9(1)10-7-16-12-11(18-10)8-17-21-20-12/h1-2,7-8,14H,3-6H2. The summed E-state index contributed by atoms with van der Waals surface area (Å²) in [4.78, 5) is 19.8. The second-order valence-electron chi connectivity index (χ2n) is 4.88. The minimum atomic E-state index is 0.468. The SMILES string of the molecule is c1cc(-c2cnc3nnncc3n2)nc(N2CCNCC2)n1. The van der Waals surface area contributed by atoms with E-state index >= 15 is 0 Å². The van der Waals surface area contributed by atoms with Crippen LogP contribution in [0.15, 0.2) is 24.7 Å². The highest BCUT2D eigenvalue weighted by atomic mass is 15.3. The van der Waals surface area contributed by atoms with Crippen molar-refractivity contribution in [1.29, 1.82) is 0 Å². The van der Waals surface area contributed by atoms with Gasteiger partial charge in [-0.2, -0.15) is 0 Å². The Morgan fingerprint density at radius 2 is 1.91 bits per heavy atom. The molecule has 1 aliphatic rings. The molecule has 0 atom stereocenters. The maximum absolute atomic E-state index is 4.60. The first kappa shape index (κ1) is 12.9. The summed E-state index contributed by atoms with van der Waals surface area (Å²) in [6.45, 7) is 3.67. The van der Waals surface area contributed by atoms with Crippen LogP contribution in [0.3, 0.4) is 0 Å². The Morgan fingerprint density at radius 3 is 2.82 bits per heavy atom. The van der Waals surface area contributed by atoms with Crippen molar-refractivity contribution in [2.45, 2.75) is 0 Å². The topological polar surface area (TPSA) is 106 Å². The van der Waals surface area contributed by atoms with Crippen molar-refractivity contribution < 1.29 is 0 Å². The summed E-state index contributed by atoms with van der Waals surface area (Å²) in [6.07, 6.45) is 4.92. The summed E-state index contributed by atoms with van der Waals surface area (Å²) >= 11 is 0. The lowest BCUT2D eigenvalue weighted by Crippen LogP contribution is -2.44. The molecule has 0 aromatic carbocycles. The first-order valence-electron chi connectivity index (χ1n) is 7.00. The van der Waals surface area contributed by atoms with E-state index in [1.54, 1.807) is 12.4 Å². The van der Waals surface area contributed by atoms with Crippen LogP contribution in [0.25, 0.3) is 22.6 Å². The van der Waals surface area contributed by atoms with Gasteiger partial charge in [-0.1, -0.05) is 0 Å². The molecule has 0 radical (unpaired) electrons. The maximum atomic E-state index is 4.60. The molecule has 1 saturated heterocycles. The summed E-state index contributed by atoms with van der Waals surface area (Å²) in [5.41, 5.74) is 2.46. The molecule has 0 bridgehead atoms. The van der Waals surface area contributed by atoms with E-state index in [0.717, 1.165) is 31.9 Å². The number of nitrogens with one attached hydrogen (secondary N) is 1. The number of hydrogen-bond donors (Lipinski definition) is 1. The van der Waals surface area contributed by atoms with Gasteiger partial charge in [0.05, 0.1) is 18.1 Å². The third-order valence-corrected chi connectivity index (χ3v) is 3.46. The number of hydrogen-bond acceptors (Lipinski definition) is 9. The first-order chi connectivity index (χ1) is 10.9. The van der Waals surface area contributed by atoms with E-state index in [2.05, 4.69) is 45.6 Å². The Bertz CT molecular complexity index is 800. The molecule has 4 rings (SSSR count). The van der Waals surface area contributed by atoms with Gasteiger partial charge in [-0.05, 0) is 11.3 Å². The lowest BCUT2D eigenvalue weighted by molar-refractivity contribution is 0.580. The molecule has 0 spiro atoms. The summed E-state index contributed by atoms with van der Waals surface area (Å²) in [5, 5.41) is 14.4. The molecule has 0 unspecified atom stereocenters. The van der Waals surface area contributed by atoms with Crippen molar-refractivity contribution in [3.63, 3.8) is 0 Å². The highest BCUT2D eigenvalue weighted by Crippen LogP contribution is 2.18. The molecule has 9 heteroatoms. The molecular weight excluding hydrogens is 282 g/mol. The molecular formula is C13H13N9. The molecule has 3 aromatic rings. The summed E-state index contributed by atoms with van der Waals surface area (Å²) in [5.74, 6) is 0.715. The number of piperazine rings is 1. The molecule has 9 nitrogen and oxygen atoms in total. The average Bonchev–Trinajstić information content (AvgIpc) is 2.62. The summed E-state index contributed by atoms with van der Waals surface area (Å²) in [7, 11) is 0. The number of aromatic nitrogens is 7. The molecule has 3 aromatic heterocycles. The van der Waals surface area contributed by atoms with Crippen LogP contribution in [0, 0.1) is 0 Å². The zero-order chi connectivity index (χ0) is 14.8. The molecule has 0 aliphatic carbocycles. The van der Waals surface area contributed by atoms with Crippen molar-refractivity contribution in [1.82, 2.24) is 40.7 Å². The highest BCUT2D eigenvalue weighted by Gasteiger charge is 2.14. The summed E-state index contributed by atoms with van der Waals surface area (Å²) < 4.78 is 0. The fourth-order valence-electron chi connectivity index (χ4n) is 2.34. The van der Waals surface area contributed by atoms with E-state index in [1.165, 1.54) is 6.20 Å². The van der Waals surface area contributed by atoms with Gasteiger partial charge in [-0.3, -0.25) is 0 Å². The number of rotatable bonds is 2. The van der Waals surface area contributed by atoms with Gasteiger partial charge in [0.25, 0.3) is 0 Å². The van der Waals surface area contributed by atoms with E-state index < -0.39 is 0 Å². The minimum absolute atomic E-state index is 0.468. The number of anilines is 1. The van der Waals surface area contributed by atoms with Gasteiger partial charge in [-0.25, -0.2) is 19.9 Å². The van der Waals surface area contributed by atoms with Crippen LogP contribution < -0.4 is 10.2 Å². The van der Waals surface area contributed by atoms with Gasteiger partial charge >= 0.3 is 0 Å². The van der Waals surface area contributed by atoms with Gasteiger partial charge < -0.3 is 10.2 Å². The molecule has 1 N–H and O–H groups in total. The Morgan fingerprint density at radius 1 is 1.00 bits per heavy atom. The Balaban J connectivity index is 1.71. The molecule has 1 aliphatic heterocycles. The Labute approximate surface area is 125 Å². The molecule has 1 fully saturated rings. The predicted octanol–water partition coefficient (Wildman–Crippen LogP) is -0.319. The lowest BCUT2D eigenvalue weighted by Gasteiger charge is -2.27. The van der Waals surface area contributed by atoms with Gasteiger partial charge in [-0.15, -0.1) is 10.2 Å². The monoisotopic (exact) mass is 295 g/mol. The van der Waals surface area contributed by atoms with Crippen molar-refractivity contribution in [3.05, 3.63) is 24.7 Å². The zero-order valence-electron chi connectivity index (χ0n) is 11.7. The minimum Gasteiger partial charge on any atom is -0.338 e. The third-order valence-electron chi connectivity index (χ3n) is 3.46. The van der Waals surface area contributed by atoms with E-state index in [4.69, 9.17) is 0 Å². The zero-order valence-corrected chi connectivity index (χ0v) is 11.7. The largest absolute Gasteiger partial charge is 0.338 e. The lowest BCUT2D eigenvalue weighted by atomic mass is 10.3. The smallest absolute Gasteiger partial charge is 0.225 e. The summed E-state index contributed by atoms with van der Waals surface area (Å²) in [6, 6.07) is 1.82. The van der Waals surface area contributed by atoms with Gasteiger partial charge in [0, 0.05) is 32.4 Å². The second-order valence-corrected chi connectivity index (χ2v) is 4.88. The second kappa shape index (κ2) is 5.53. The maximum Gasteiger partial charge on any atom is 0.225 e. The van der Waals surface area contributed by atoms with Gasteiger partial charge in [0.15, 0.2) is 0 Å². The van der Waals surface area contributed by atoms with E-state index in [9.17, 15) is 0 Å². The van der Waals surface area contributed by atoms with Crippen LogP contribution in [0.4, 0.5) is 5.95 Å². The van der Waals surface area contributed by atoms with Gasteiger partial charge in [0.1, 0.15) is 11.2 Å². The molecule has 4 heterocycles. The molecule has 22 heavy (non-hydrogen) atoms. The van der Waals surface area contributed by atoms with Crippen molar-refractivity contribution in [3.8, 4) is 11.4 Å². The molecule has 0 amide bonds. The molecule has 0 saturated carbocycles. The fraction of sp³-hybridized carbons (Fsp3) is 0.308. The van der Waals surface area contributed by atoms with Crippen LogP contribution in [0.2, 0.25) is 0 Å². The van der Waals surface area contributed by atoms with Crippen LogP contribution in [-0.4, -0.2) is 61.5 Å². The van der Waals surface area contributed by atoms with E-state index in [-0.39, 0.29) is 0 Å². The normalized spacial score (nSPS) is 15.2. The number of nitrogens with zero attached hydrogens (tertiary/aromatic N) is 8. The number of fused-ring (bicyclic) bond motifs is 1. The van der Waals surface area contributed by atoms with Crippen LogP contribution in [0.1, 0.15) is 0 Å². The van der Waals surface area contributed by atoms with Crippen LogP contribution in [-0.2, 0) is 0 Å². The fourth-order valence-corrected chi connectivity index (χ4v) is 2.34. The first-order valence-corrected chi connectivity index (χ1v) is 7.00. The Kier molecular flexibility index (Phi) is 3.24. The quantitative estimate of drug-likeness (QED) is 0.680. The van der Waals surface area contributed by atoms with Crippen LogP contribution >= 0.6 is 0 Å².